The van der Waals surface area contributed by atoms with Crippen LogP contribution in [0.2, 0.25) is 0 Å². The second kappa shape index (κ2) is 9.23. The van der Waals surface area contributed by atoms with Crippen LogP contribution in [-0.2, 0) is 6.42 Å². The lowest BCUT2D eigenvalue weighted by Crippen LogP contribution is -2.38. The third-order valence-corrected chi connectivity index (χ3v) is 6.95. The Bertz CT molecular complexity index is 1250. The highest BCUT2D eigenvalue weighted by Gasteiger charge is 2.34. The minimum atomic E-state index is -0.266. The van der Waals surface area contributed by atoms with E-state index in [2.05, 4.69) is 15.0 Å². The number of aromatic nitrogens is 3. The number of thiazole rings is 1. The fourth-order valence-electron chi connectivity index (χ4n) is 4.12. The fraction of sp³-hybridized carbons (Fsp3) is 0.280. The van der Waals surface area contributed by atoms with Crippen molar-refractivity contribution in [2.24, 2.45) is 0 Å². The molecule has 0 N–H and O–H groups in total. The molecule has 1 amide bonds. The molecular weight excluding hydrogens is 439 g/mol. The Balaban J connectivity index is 1.37. The lowest BCUT2D eigenvalue weighted by molar-refractivity contribution is 0.0574. The van der Waals surface area contributed by atoms with Gasteiger partial charge in [0.1, 0.15) is 27.5 Å². The Morgan fingerprint density at radius 2 is 2.03 bits per heavy atom. The number of piperidine rings is 1. The monoisotopic (exact) mass is 462 g/mol. The standard InChI is InChI=1S/C25H23FN4O2S/c1-16-22(33-24(29-16)20-6-2-4-12-27-20)25(31)30-13-5-3-7-21(30)23-28-15-19(32-23)14-17-8-10-18(26)11-9-17/h2,4,6,8-12,15,21H,3,5,7,13-14H2,1H3/t21-/m0/s1. The normalized spacial score (nSPS) is 16.2. The second-order valence-corrected chi connectivity index (χ2v) is 9.13. The van der Waals surface area contributed by atoms with E-state index in [0.29, 0.717) is 35.2 Å². The molecule has 33 heavy (non-hydrogen) atoms. The summed E-state index contributed by atoms with van der Waals surface area (Å²) in [7, 11) is 0. The highest BCUT2D eigenvalue weighted by molar-refractivity contribution is 7.17. The van der Waals surface area contributed by atoms with Crippen LogP contribution >= 0.6 is 11.3 Å². The molecule has 1 atom stereocenters. The zero-order valence-electron chi connectivity index (χ0n) is 18.2. The summed E-state index contributed by atoms with van der Waals surface area (Å²) in [6.45, 7) is 2.51. The molecule has 3 aromatic heterocycles. The Hall–Kier alpha value is -3.39. The van der Waals surface area contributed by atoms with Crippen molar-refractivity contribution in [1.29, 1.82) is 0 Å². The topological polar surface area (TPSA) is 72.1 Å². The number of rotatable bonds is 5. The van der Waals surface area contributed by atoms with Crippen molar-refractivity contribution in [3.8, 4) is 10.7 Å². The maximum absolute atomic E-state index is 13.5. The van der Waals surface area contributed by atoms with Crippen LogP contribution in [0.25, 0.3) is 10.7 Å². The van der Waals surface area contributed by atoms with E-state index < -0.39 is 0 Å². The molecule has 1 aliphatic rings. The summed E-state index contributed by atoms with van der Waals surface area (Å²) < 4.78 is 19.2. The van der Waals surface area contributed by atoms with Gasteiger partial charge >= 0.3 is 0 Å². The molecule has 0 unspecified atom stereocenters. The van der Waals surface area contributed by atoms with Gasteiger partial charge in [-0.25, -0.2) is 14.4 Å². The number of likely N-dealkylation sites (tertiary alicyclic amines) is 1. The van der Waals surface area contributed by atoms with Gasteiger partial charge in [-0.05, 0) is 56.0 Å². The summed E-state index contributed by atoms with van der Waals surface area (Å²) in [5.41, 5.74) is 2.41. The Morgan fingerprint density at radius 3 is 2.82 bits per heavy atom. The summed E-state index contributed by atoms with van der Waals surface area (Å²) >= 11 is 1.37. The molecule has 1 aromatic carbocycles. The maximum atomic E-state index is 13.5. The molecule has 0 radical (unpaired) electrons. The number of hydrogen-bond acceptors (Lipinski definition) is 6. The molecular formula is C25H23FN4O2S. The number of benzene rings is 1. The molecule has 8 heteroatoms. The van der Waals surface area contributed by atoms with E-state index in [0.717, 1.165) is 35.5 Å². The minimum Gasteiger partial charge on any atom is -0.443 e. The molecule has 168 valence electrons. The van der Waals surface area contributed by atoms with Crippen LogP contribution < -0.4 is 0 Å². The molecule has 1 aliphatic heterocycles. The molecule has 1 saturated heterocycles. The molecule has 4 aromatic rings. The molecule has 4 heterocycles. The van der Waals surface area contributed by atoms with Gasteiger partial charge in [0, 0.05) is 19.2 Å². The Kier molecular flexibility index (Phi) is 6.00. The molecule has 0 aliphatic carbocycles. The van der Waals surface area contributed by atoms with Crippen LogP contribution in [0.1, 0.15) is 57.9 Å². The number of nitrogens with zero attached hydrogens (tertiary/aromatic N) is 4. The lowest BCUT2D eigenvalue weighted by Gasteiger charge is -2.33. The van der Waals surface area contributed by atoms with Gasteiger partial charge in [-0.1, -0.05) is 18.2 Å². The summed E-state index contributed by atoms with van der Waals surface area (Å²) in [6, 6.07) is 11.8. The molecule has 0 saturated carbocycles. The van der Waals surface area contributed by atoms with Crippen molar-refractivity contribution in [2.45, 2.75) is 38.6 Å². The third kappa shape index (κ3) is 4.57. The average Bonchev–Trinajstić information content (AvgIpc) is 3.47. The largest absolute Gasteiger partial charge is 0.443 e. The first-order chi connectivity index (χ1) is 16.1. The van der Waals surface area contributed by atoms with Crippen LogP contribution in [0.4, 0.5) is 4.39 Å². The predicted molar refractivity (Wildman–Crippen MR) is 123 cm³/mol. The van der Waals surface area contributed by atoms with E-state index in [4.69, 9.17) is 4.42 Å². The smallest absolute Gasteiger partial charge is 0.266 e. The molecule has 0 spiro atoms. The van der Waals surface area contributed by atoms with Gasteiger partial charge in [0.2, 0.25) is 5.89 Å². The van der Waals surface area contributed by atoms with E-state index in [-0.39, 0.29) is 17.8 Å². The number of hydrogen-bond donors (Lipinski definition) is 0. The van der Waals surface area contributed by atoms with Gasteiger partial charge in [-0.3, -0.25) is 9.78 Å². The van der Waals surface area contributed by atoms with Gasteiger partial charge in [-0.2, -0.15) is 0 Å². The first-order valence-corrected chi connectivity index (χ1v) is 11.8. The lowest BCUT2D eigenvalue weighted by atomic mass is 10.0. The first-order valence-electron chi connectivity index (χ1n) is 11.0. The molecule has 6 nitrogen and oxygen atoms in total. The van der Waals surface area contributed by atoms with Gasteiger partial charge in [-0.15, -0.1) is 11.3 Å². The Labute approximate surface area is 195 Å². The SMILES string of the molecule is Cc1nc(-c2ccccn2)sc1C(=O)N1CCCC[C@H]1c1ncc(Cc2ccc(F)cc2)o1. The van der Waals surface area contributed by atoms with Gasteiger partial charge in [0.15, 0.2) is 0 Å². The highest BCUT2D eigenvalue weighted by Crippen LogP contribution is 2.35. The number of carbonyl (C=O) groups is 1. The van der Waals surface area contributed by atoms with Crippen LogP contribution in [0.3, 0.4) is 0 Å². The number of pyridine rings is 1. The van der Waals surface area contributed by atoms with Crippen LogP contribution in [0, 0.1) is 12.7 Å². The van der Waals surface area contributed by atoms with E-state index in [1.165, 1.54) is 23.5 Å². The van der Waals surface area contributed by atoms with Crippen LogP contribution in [-0.4, -0.2) is 32.3 Å². The number of halogens is 1. The number of oxazole rings is 1. The number of carbonyl (C=O) groups excluding carboxylic acids is 1. The van der Waals surface area contributed by atoms with Gasteiger partial charge < -0.3 is 9.32 Å². The fourth-order valence-corrected chi connectivity index (χ4v) is 5.12. The van der Waals surface area contributed by atoms with Crippen molar-refractivity contribution in [2.75, 3.05) is 6.54 Å². The summed E-state index contributed by atoms with van der Waals surface area (Å²) in [6.07, 6.45) is 6.69. The minimum absolute atomic E-state index is 0.0461. The maximum Gasteiger partial charge on any atom is 0.266 e. The predicted octanol–water partition coefficient (Wildman–Crippen LogP) is 5.60. The van der Waals surface area contributed by atoms with Crippen LogP contribution in [0.15, 0.2) is 59.3 Å². The molecule has 0 bridgehead atoms. The average molecular weight is 463 g/mol. The summed E-state index contributed by atoms with van der Waals surface area (Å²) in [5.74, 6) is 0.932. The number of aryl methyl sites for hydroxylation is 1. The van der Waals surface area contributed by atoms with Crippen molar-refractivity contribution in [3.05, 3.63) is 88.5 Å². The van der Waals surface area contributed by atoms with E-state index in [9.17, 15) is 9.18 Å². The van der Waals surface area contributed by atoms with Crippen molar-refractivity contribution < 1.29 is 13.6 Å². The third-order valence-electron chi connectivity index (χ3n) is 5.79. The highest BCUT2D eigenvalue weighted by atomic mass is 32.1. The van der Waals surface area contributed by atoms with Crippen LogP contribution in [0.5, 0.6) is 0 Å². The first kappa shape index (κ1) is 21.5. The molecule has 5 rings (SSSR count). The van der Waals surface area contributed by atoms with Gasteiger partial charge in [0.05, 0.1) is 17.6 Å². The zero-order valence-corrected chi connectivity index (χ0v) is 19.0. The number of amides is 1. The Morgan fingerprint density at radius 1 is 1.18 bits per heavy atom. The van der Waals surface area contributed by atoms with E-state index in [1.54, 1.807) is 24.5 Å². The summed E-state index contributed by atoms with van der Waals surface area (Å²) in [4.78, 5) is 29.5. The molecule has 1 fully saturated rings. The van der Waals surface area contributed by atoms with Gasteiger partial charge in [0.25, 0.3) is 5.91 Å². The summed E-state index contributed by atoms with van der Waals surface area (Å²) in [5, 5.41) is 0.739. The quantitative estimate of drug-likeness (QED) is 0.386. The van der Waals surface area contributed by atoms with Crippen molar-refractivity contribution in [3.63, 3.8) is 0 Å². The van der Waals surface area contributed by atoms with Crippen molar-refractivity contribution >= 4 is 17.2 Å². The van der Waals surface area contributed by atoms with Crippen molar-refractivity contribution in [1.82, 2.24) is 19.9 Å². The zero-order chi connectivity index (χ0) is 22.8. The van der Waals surface area contributed by atoms with E-state index in [1.807, 2.05) is 30.0 Å². The van der Waals surface area contributed by atoms with E-state index >= 15 is 0 Å². The second-order valence-electron chi connectivity index (χ2n) is 8.13.